The first-order valence-electron chi connectivity index (χ1n) is 12.3. The number of fused-ring (bicyclic) bond motifs is 1. The zero-order valence-electron chi connectivity index (χ0n) is 19.4. The summed E-state index contributed by atoms with van der Waals surface area (Å²) in [5.74, 6) is 0.209. The molecule has 6 nitrogen and oxygen atoms in total. The highest BCUT2D eigenvalue weighted by Gasteiger charge is 2.48. The highest BCUT2D eigenvalue weighted by Crippen LogP contribution is 2.37. The molecule has 0 bridgehead atoms. The van der Waals surface area contributed by atoms with Crippen molar-refractivity contribution in [3.8, 4) is 0 Å². The third kappa shape index (κ3) is 4.07. The van der Waals surface area contributed by atoms with Gasteiger partial charge in [-0.05, 0) is 56.2 Å². The van der Waals surface area contributed by atoms with E-state index < -0.39 is 0 Å². The molecule has 0 N–H and O–H groups in total. The van der Waals surface area contributed by atoms with Crippen LogP contribution in [0.2, 0.25) is 0 Å². The number of likely N-dealkylation sites (N-methyl/N-ethyl adjacent to an activating group) is 1. The van der Waals surface area contributed by atoms with Crippen LogP contribution >= 0.6 is 23.1 Å². The quantitative estimate of drug-likeness (QED) is 0.611. The van der Waals surface area contributed by atoms with Crippen molar-refractivity contribution in [2.24, 2.45) is 0 Å². The van der Waals surface area contributed by atoms with Crippen molar-refractivity contribution in [1.29, 1.82) is 0 Å². The van der Waals surface area contributed by atoms with Gasteiger partial charge in [0.05, 0.1) is 12.1 Å². The molecule has 4 heterocycles. The Bertz CT molecular complexity index is 830. The van der Waals surface area contributed by atoms with E-state index in [0.717, 1.165) is 61.6 Å². The number of amides is 3. The maximum absolute atomic E-state index is 13.0. The Labute approximate surface area is 200 Å². The van der Waals surface area contributed by atoms with Gasteiger partial charge in [0.15, 0.2) is 0 Å². The summed E-state index contributed by atoms with van der Waals surface area (Å²) in [5, 5.41) is 2.02. The van der Waals surface area contributed by atoms with E-state index >= 15 is 0 Å². The summed E-state index contributed by atoms with van der Waals surface area (Å²) in [4.78, 5) is 36.9. The topological polar surface area (TPSA) is 47.1 Å². The lowest BCUT2D eigenvalue weighted by molar-refractivity contribution is 0.0472. The van der Waals surface area contributed by atoms with Crippen LogP contribution in [0.15, 0.2) is 16.3 Å². The molecule has 3 aliphatic heterocycles. The monoisotopic (exact) mass is 476 g/mol. The fourth-order valence-electron chi connectivity index (χ4n) is 6.48. The molecule has 1 aromatic rings. The predicted octanol–water partition coefficient (Wildman–Crippen LogP) is 4.22. The van der Waals surface area contributed by atoms with Gasteiger partial charge in [0, 0.05) is 50.2 Å². The lowest BCUT2D eigenvalue weighted by atomic mass is 9.88. The van der Waals surface area contributed by atoms with Crippen LogP contribution in [0.3, 0.4) is 0 Å². The fourth-order valence-corrected chi connectivity index (χ4v) is 8.19. The molecule has 8 heteroatoms. The molecule has 4 fully saturated rings. The van der Waals surface area contributed by atoms with Gasteiger partial charge < -0.3 is 19.6 Å². The minimum absolute atomic E-state index is 0.209. The molecule has 0 aromatic carbocycles. The number of hydrogen-bond donors (Lipinski definition) is 0. The summed E-state index contributed by atoms with van der Waals surface area (Å²) in [6.45, 7) is 3.87. The van der Waals surface area contributed by atoms with E-state index in [1.165, 1.54) is 25.7 Å². The number of carbonyl (C=O) groups excluding carboxylic acids is 2. The second-order valence-electron chi connectivity index (χ2n) is 9.83. The van der Waals surface area contributed by atoms with Crippen LogP contribution in [0.4, 0.5) is 4.79 Å². The second kappa shape index (κ2) is 9.55. The third-order valence-electron chi connectivity index (χ3n) is 8.28. The number of thiophene rings is 1. The summed E-state index contributed by atoms with van der Waals surface area (Å²) < 4.78 is 0. The zero-order chi connectivity index (χ0) is 22.2. The van der Waals surface area contributed by atoms with Crippen LogP contribution in [0.25, 0.3) is 0 Å². The third-order valence-corrected chi connectivity index (χ3v) is 10.1. The van der Waals surface area contributed by atoms with E-state index in [9.17, 15) is 9.59 Å². The number of urea groups is 1. The van der Waals surface area contributed by atoms with Crippen molar-refractivity contribution in [3.05, 3.63) is 16.3 Å². The molecular formula is C24H36N4O2S2. The summed E-state index contributed by atoms with van der Waals surface area (Å²) >= 11 is 3.23. The predicted molar refractivity (Wildman–Crippen MR) is 131 cm³/mol. The number of thioether (sulfide) groups is 1. The molecular weight excluding hydrogens is 440 g/mol. The first-order chi connectivity index (χ1) is 15.6. The maximum atomic E-state index is 13.0. The average Bonchev–Trinajstić information content (AvgIpc) is 3.42. The van der Waals surface area contributed by atoms with Gasteiger partial charge >= 0.3 is 6.03 Å². The average molecular weight is 477 g/mol. The Hall–Kier alpha value is -1.25. The van der Waals surface area contributed by atoms with E-state index in [0.29, 0.717) is 24.2 Å². The van der Waals surface area contributed by atoms with Gasteiger partial charge in [-0.1, -0.05) is 12.8 Å². The molecule has 176 valence electrons. The molecule has 4 aliphatic rings. The lowest BCUT2D eigenvalue weighted by Gasteiger charge is -2.44. The van der Waals surface area contributed by atoms with Crippen LogP contribution in [-0.2, 0) is 0 Å². The number of nitrogens with zero attached hydrogens (tertiary/aromatic N) is 4. The van der Waals surface area contributed by atoms with Crippen LogP contribution in [0.1, 0.15) is 61.0 Å². The van der Waals surface area contributed by atoms with Crippen molar-refractivity contribution in [1.82, 2.24) is 19.6 Å². The first-order valence-corrected chi connectivity index (χ1v) is 14.4. The SMILES string of the molecule is CSc1ccsc1C(=O)N1CCC(N2CCC(N3C(=O)N(C)[C@H]4CCCC[C@@H]43)CC2)CC1. The molecule has 2 atom stereocenters. The molecule has 5 rings (SSSR count). The van der Waals surface area contributed by atoms with E-state index in [1.54, 1.807) is 23.1 Å². The Morgan fingerprint density at radius 1 is 0.969 bits per heavy atom. The van der Waals surface area contributed by atoms with Crippen LogP contribution in [0.5, 0.6) is 0 Å². The highest BCUT2D eigenvalue weighted by atomic mass is 32.2. The second-order valence-corrected chi connectivity index (χ2v) is 11.6. The molecule has 3 amide bonds. The molecule has 0 spiro atoms. The number of piperidine rings is 2. The van der Waals surface area contributed by atoms with Gasteiger partial charge in [-0.3, -0.25) is 4.79 Å². The highest BCUT2D eigenvalue weighted by molar-refractivity contribution is 7.98. The first kappa shape index (κ1) is 22.5. The molecule has 1 saturated carbocycles. The lowest BCUT2D eigenvalue weighted by Crippen LogP contribution is -2.53. The minimum Gasteiger partial charge on any atom is -0.338 e. The van der Waals surface area contributed by atoms with Gasteiger partial charge in [-0.25, -0.2) is 4.79 Å². The fraction of sp³-hybridized carbons (Fsp3) is 0.750. The summed E-state index contributed by atoms with van der Waals surface area (Å²) in [7, 11) is 2.01. The van der Waals surface area contributed by atoms with Crippen molar-refractivity contribution < 1.29 is 9.59 Å². The van der Waals surface area contributed by atoms with Gasteiger partial charge in [0.2, 0.25) is 0 Å². The van der Waals surface area contributed by atoms with Crippen molar-refractivity contribution in [2.45, 2.75) is 80.4 Å². The van der Waals surface area contributed by atoms with E-state index in [2.05, 4.69) is 20.8 Å². The van der Waals surface area contributed by atoms with Gasteiger partial charge in [0.25, 0.3) is 5.91 Å². The normalized spacial score (nSPS) is 28.4. The smallest absolute Gasteiger partial charge is 0.320 e. The number of hydrogen-bond acceptors (Lipinski definition) is 5. The number of carbonyl (C=O) groups is 2. The van der Waals surface area contributed by atoms with Crippen LogP contribution in [0, 0.1) is 0 Å². The zero-order valence-corrected chi connectivity index (χ0v) is 21.0. The Morgan fingerprint density at radius 3 is 2.31 bits per heavy atom. The van der Waals surface area contributed by atoms with E-state index in [-0.39, 0.29) is 11.9 Å². The maximum Gasteiger partial charge on any atom is 0.320 e. The Balaban J connectivity index is 1.13. The van der Waals surface area contributed by atoms with E-state index in [1.807, 2.05) is 23.6 Å². The van der Waals surface area contributed by atoms with Gasteiger partial charge in [0.1, 0.15) is 4.88 Å². The summed E-state index contributed by atoms with van der Waals surface area (Å²) in [6, 6.07) is 4.17. The molecule has 0 unspecified atom stereocenters. The molecule has 32 heavy (non-hydrogen) atoms. The Kier molecular flexibility index (Phi) is 6.72. The summed E-state index contributed by atoms with van der Waals surface area (Å²) in [5.41, 5.74) is 0. The van der Waals surface area contributed by atoms with Crippen molar-refractivity contribution in [3.63, 3.8) is 0 Å². The van der Waals surface area contributed by atoms with Crippen molar-refractivity contribution in [2.75, 3.05) is 39.5 Å². The molecule has 0 radical (unpaired) electrons. The number of likely N-dealkylation sites (tertiary alicyclic amines) is 2. The van der Waals surface area contributed by atoms with Crippen LogP contribution in [-0.4, -0.2) is 95.2 Å². The van der Waals surface area contributed by atoms with E-state index in [4.69, 9.17) is 0 Å². The molecule has 1 aromatic heterocycles. The van der Waals surface area contributed by atoms with Crippen molar-refractivity contribution >= 4 is 35.0 Å². The largest absolute Gasteiger partial charge is 0.338 e. The number of rotatable bonds is 4. The molecule has 3 saturated heterocycles. The van der Waals surface area contributed by atoms with Gasteiger partial charge in [-0.15, -0.1) is 23.1 Å². The van der Waals surface area contributed by atoms with Gasteiger partial charge in [-0.2, -0.15) is 0 Å². The standard InChI is InChI=1S/C24H36N4O2S2/c1-25-19-5-3-4-6-20(19)28(24(25)30)18-9-12-26(13-10-18)17-7-14-27(15-8-17)23(29)22-21(31-2)11-16-32-22/h11,16-20H,3-10,12-15H2,1-2H3/t19-,20-/m0/s1. The van der Waals surface area contributed by atoms with Crippen LogP contribution < -0.4 is 0 Å². The minimum atomic E-state index is 0.209. The molecule has 1 aliphatic carbocycles. The Morgan fingerprint density at radius 2 is 1.62 bits per heavy atom. The summed E-state index contributed by atoms with van der Waals surface area (Å²) in [6.07, 6.45) is 11.2.